The molecule has 0 radical (unpaired) electrons. The smallest absolute Gasteiger partial charge is 0.337 e. The maximum Gasteiger partial charge on any atom is 0.337 e. The largest absolute Gasteiger partial charge is 0.496 e. The zero-order valence-electron chi connectivity index (χ0n) is 9.75. The second-order valence-corrected chi connectivity index (χ2v) is 3.80. The fourth-order valence-corrected chi connectivity index (χ4v) is 2.06. The molecule has 0 fully saturated rings. The van der Waals surface area contributed by atoms with Gasteiger partial charge in [0, 0.05) is 5.56 Å². The lowest BCUT2D eigenvalue weighted by Gasteiger charge is -2.20. The van der Waals surface area contributed by atoms with Crippen LogP contribution < -0.4 is 0 Å². The summed E-state index contributed by atoms with van der Waals surface area (Å²) in [5.41, 5.74) is 2.09. The Kier molecular flexibility index (Phi) is 3.13. The van der Waals surface area contributed by atoms with Crippen LogP contribution in [-0.4, -0.2) is 20.2 Å². The molecule has 0 bridgehead atoms. The SMILES string of the molecule is COC(=O)C1=C(OC)c2cc(F)ccc2CC1. The maximum absolute atomic E-state index is 13.2. The number of carbonyl (C=O) groups is 1. The van der Waals surface area contributed by atoms with Crippen molar-refractivity contribution >= 4 is 11.7 Å². The van der Waals surface area contributed by atoms with Gasteiger partial charge in [-0.05, 0) is 30.5 Å². The first-order chi connectivity index (χ1) is 8.17. The molecule has 0 spiro atoms. The van der Waals surface area contributed by atoms with Crippen LogP contribution in [0.4, 0.5) is 4.39 Å². The molecule has 1 aromatic carbocycles. The molecular formula is C13H13FO3. The molecule has 1 aliphatic rings. The van der Waals surface area contributed by atoms with Crippen molar-refractivity contribution in [2.75, 3.05) is 14.2 Å². The molecule has 0 saturated heterocycles. The summed E-state index contributed by atoms with van der Waals surface area (Å²) in [4.78, 5) is 11.6. The monoisotopic (exact) mass is 236 g/mol. The van der Waals surface area contributed by atoms with Gasteiger partial charge in [-0.1, -0.05) is 6.07 Å². The van der Waals surface area contributed by atoms with Gasteiger partial charge in [-0.25, -0.2) is 9.18 Å². The number of methoxy groups -OCH3 is 2. The van der Waals surface area contributed by atoms with Gasteiger partial charge >= 0.3 is 5.97 Å². The predicted octanol–water partition coefficient (Wildman–Crippen LogP) is 2.30. The summed E-state index contributed by atoms with van der Waals surface area (Å²) in [6.45, 7) is 0. The minimum absolute atomic E-state index is 0.343. The van der Waals surface area contributed by atoms with E-state index in [-0.39, 0.29) is 5.82 Å². The van der Waals surface area contributed by atoms with E-state index >= 15 is 0 Å². The van der Waals surface area contributed by atoms with Gasteiger partial charge in [-0.15, -0.1) is 0 Å². The molecular weight excluding hydrogens is 223 g/mol. The first kappa shape index (κ1) is 11.6. The summed E-state index contributed by atoms with van der Waals surface area (Å²) in [6.07, 6.45) is 1.24. The molecule has 0 aromatic heterocycles. The van der Waals surface area contributed by atoms with Crippen LogP contribution in [0, 0.1) is 5.82 Å². The van der Waals surface area contributed by atoms with E-state index in [9.17, 15) is 9.18 Å². The first-order valence-electron chi connectivity index (χ1n) is 5.31. The first-order valence-corrected chi connectivity index (χ1v) is 5.31. The molecule has 4 heteroatoms. The third kappa shape index (κ3) is 2.02. The second kappa shape index (κ2) is 4.57. The maximum atomic E-state index is 13.2. The minimum Gasteiger partial charge on any atom is -0.496 e. The molecule has 90 valence electrons. The Morgan fingerprint density at radius 3 is 2.71 bits per heavy atom. The average molecular weight is 236 g/mol. The number of fused-ring (bicyclic) bond motifs is 1. The van der Waals surface area contributed by atoms with Crippen molar-refractivity contribution in [1.29, 1.82) is 0 Å². The third-order valence-electron chi connectivity index (χ3n) is 2.87. The molecule has 0 heterocycles. The lowest BCUT2D eigenvalue weighted by Crippen LogP contribution is -2.14. The molecule has 0 N–H and O–H groups in total. The van der Waals surface area contributed by atoms with Crippen LogP contribution in [0.2, 0.25) is 0 Å². The van der Waals surface area contributed by atoms with Crippen molar-refractivity contribution in [3.63, 3.8) is 0 Å². The average Bonchev–Trinajstić information content (AvgIpc) is 2.36. The number of halogens is 1. The van der Waals surface area contributed by atoms with Crippen molar-refractivity contribution in [3.05, 3.63) is 40.7 Å². The van der Waals surface area contributed by atoms with Gasteiger partial charge in [0.05, 0.1) is 19.8 Å². The molecule has 0 amide bonds. The molecule has 0 saturated carbocycles. The highest BCUT2D eigenvalue weighted by atomic mass is 19.1. The van der Waals surface area contributed by atoms with Crippen LogP contribution in [-0.2, 0) is 20.7 Å². The predicted molar refractivity (Wildman–Crippen MR) is 60.7 cm³/mol. The number of rotatable bonds is 2. The highest BCUT2D eigenvalue weighted by Gasteiger charge is 2.25. The molecule has 17 heavy (non-hydrogen) atoms. The topological polar surface area (TPSA) is 35.5 Å². The highest BCUT2D eigenvalue weighted by Crippen LogP contribution is 2.32. The Hall–Kier alpha value is -1.84. The van der Waals surface area contributed by atoms with Gasteiger partial charge in [-0.3, -0.25) is 0 Å². The van der Waals surface area contributed by atoms with Gasteiger partial charge in [0.1, 0.15) is 11.6 Å². The summed E-state index contributed by atoms with van der Waals surface area (Å²) < 4.78 is 23.1. The zero-order chi connectivity index (χ0) is 12.4. The van der Waals surface area contributed by atoms with Gasteiger partial charge in [0.25, 0.3) is 0 Å². The highest BCUT2D eigenvalue weighted by molar-refractivity contribution is 5.97. The summed E-state index contributed by atoms with van der Waals surface area (Å²) in [7, 11) is 2.79. The van der Waals surface area contributed by atoms with Gasteiger partial charge in [0.15, 0.2) is 0 Å². The lowest BCUT2D eigenvalue weighted by atomic mass is 9.90. The van der Waals surface area contributed by atoms with Crippen molar-refractivity contribution in [2.45, 2.75) is 12.8 Å². The third-order valence-corrected chi connectivity index (χ3v) is 2.87. The Labute approximate surface area is 98.8 Å². The summed E-state index contributed by atoms with van der Waals surface area (Å²) in [5.74, 6) is -0.348. The molecule has 1 aliphatic carbocycles. The van der Waals surface area contributed by atoms with E-state index in [4.69, 9.17) is 9.47 Å². The molecule has 3 nitrogen and oxygen atoms in total. The Morgan fingerprint density at radius 2 is 2.06 bits per heavy atom. The van der Waals surface area contributed by atoms with Crippen LogP contribution in [0.25, 0.3) is 5.76 Å². The van der Waals surface area contributed by atoms with E-state index in [0.29, 0.717) is 29.7 Å². The lowest BCUT2D eigenvalue weighted by molar-refractivity contribution is -0.136. The molecule has 0 atom stereocenters. The van der Waals surface area contributed by atoms with Crippen molar-refractivity contribution < 1.29 is 18.7 Å². The molecule has 0 unspecified atom stereocenters. The number of carbonyl (C=O) groups excluding carboxylic acids is 1. The Balaban J connectivity index is 2.56. The summed E-state index contributed by atoms with van der Waals surface area (Å²) in [6, 6.07) is 4.52. The second-order valence-electron chi connectivity index (χ2n) is 3.80. The molecule has 2 rings (SSSR count). The van der Waals surface area contributed by atoms with E-state index in [1.165, 1.54) is 26.4 Å². The normalized spacial score (nSPS) is 14.3. The van der Waals surface area contributed by atoms with Crippen LogP contribution in [0.5, 0.6) is 0 Å². The number of ether oxygens (including phenoxy) is 2. The van der Waals surface area contributed by atoms with Crippen LogP contribution in [0.3, 0.4) is 0 Å². The molecule has 1 aromatic rings. The fourth-order valence-electron chi connectivity index (χ4n) is 2.06. The number of hydrogen-bond acceptors (Lipinski definition) is 3. The van der Waals surface area contributed by atoms with E-state index in [1.54, 1.807) is 6.07 Å². The Morgan fingerprint density at radius 1 is 1.29 bits per heavy atom. The number of benzene rings is 1. The van der Waals surface area contributed by atoms with Gasteiger partial charge in [0.2, 0.25) is 0 Å². The van der Waals surface area contributed by atoms with Gasteiger partial charge in [-0.2, -0.15) is 0 Å². The van der Waals surface area contributed by atoms with E-state index in [0.717, 1.165) is 5.56 Å². The quantitative estimate of drug-likeness (QED) is 0.739. The van der Waals surface area contributed by atoms with Crippen molar-refractivity contribution in [3.8, 4) is 0 Å². The summed E-state index contributed by atoms with van der Waals surface area (Å²) >= 11 is 0. The minimum atomic E-state index is -0.420. The summed E-state index contributed by atoms with van der Waals surface area (Å²) in [5, 5.41) is 0. The number of esters is 1. The standard InChI is InChI=1S/C13H13FO3/c1-16-12-10(13(15)17-2)6-4-8-3-5-9(14)7-11(8)12/h3,5,7H,4,6H2,1-2H3. The number of hydrogen-bond donors (Lipinski definition) is 0. The zero-order valence-corrected chi connectivity index (χ0v) is 9.75. The van der Waals surface area contributed by atoms with Crippen LogP contribution in [0.1, 0.15) is 17.5 Å². The van der Waals surface area contributed by atoms with Crippen LogP contribution in [0.15, 0.2) is 23.8 Å². The van der Waals surface area contributed by atoms with Crippen molar-refractivity contribution in [1.82, 2.24) is 0 Å². The van der Waals surface area contributed by atoms with E-state index < -0.39 is 5.97 Å². The molecule has 0 aliphatic heterocycles. The fraction of sp³-hybridized carbons (Fsp3) is 0.308. The van der Waals surface area contributed by atoms with Gasteiger partial charge < -0.3 is 9.47 Å². The van der Waals surface area contributed by atoms with E-state index in [2.05, 4.69) is 0 Å². The number of aryl methyl sites for hydroxylation is 1. The Bertz CT molecular complexity index is 491. The van der Waals surface area contributed by atoms with Crippen LogP contribution >= 0.6 is 0 Å². The van der Waals surface area contributed by atoms with Crippen molar-refractivity contribution in [2.24, 2.45) is 0 Å². The van der Waals surface area contributed by atoms with E-state index in [1.807, 2.05) is 0 Å².